The van der Waals surface area contributed by atoms with Crippen LogP contribution >= 0.6 is 15.9 Å². The van der Waals surface area contributed by atoms with Crippen LogP contribution in [0.2, 0.25) is 0 Å². The normalized spacial score (nSPS) is 23.0. The molecular formula is C31H39BrN6O3. The van der Waals surface area contributed by atoms with Gasteiger partial charge < -0.3 is 9.64 Å². The molecule has 3 heterocycles. The summed E-state index contributed by atoms with van der Waals surface area (Å²) in [7, 11) is 0. The van der Waals surface area contributed by atoms with E-state index in [4.69, 9.17) is 4.74 Å². The summed E-state index contributed by atoms with van der Waals surface area (Å²) in [6.07, 6.45) is 1.91. The summed E-state index contributed by atoms with van der Waals surface area (Å²) in [6.45, 7) is 15.4. The first kappa shape index (κ1) is 29.3. The van der Waals surface area contributed by atoms with Crippen molar-refractivity contribution in [1.29, 1.82) is 0 Å². The minimum absolute atomic E-state index is 0.0612. The lowest BCUT2D eigenvalue weighted by Gasteiger charge is -2.47. The number of fused-ring (bicyclic) bond motifs is 1. The Hall–Kier alpha value is -3.24. The van der Waals surface area contributed by atoms with Gasteiger partial charge in [-0.25, -0.2) is 9.48 Å². The summed E-state index contributed by atoms with van der Waals surface area (Å²) in [6, 6.07) is 14.0. The smallest absolute Gasteiger partial charge is 0.415 e. The molecule has 10 heteroatoms. The lowest BCUT2D eigenvalue weighted by Crippen LogP contribution is -2.65. The molecule has 5 rings (SSSR count). The molecule has 3 aromatic rings. The maximum atomic E-state index is 14.3. The van der Waals surface area contributed by atoms with E-state index >= 15 is 0 Å². The minimum atomic E-state index is -1.07. The van der Waals surface area contributed by atoms with E-state index in [1.807, 2.05) is 76.0 Å². The van der Waals surface area contributed by atoms with Gasteiger partial charge in [0.05, 0.1) is 23.3 Å². The first-order chi connectivity index (χ1) is 19.2. The number of carbonyl (C=O) groups is 2. The van der Waals surface area contributed by atoms with Crippen molar-refractivity contribution < 1.29 is 14.3 Å². The Labute approximate surface area is 250 Å². The van der Waals surface area contributed by atoms with Crippen LogP contribution in [0, 0.1) is 6.92 Å². The number of anilines is 1. The van der Waals surface area contributed by atoms with Gasteiger partial charge in [-0.3, -0.25) is 14.6 Å². The zero-order valence-electron chi connectivity index (χ0n) is 24.9. The Morgan fingerprint density at radius 3 is 2.44 bits per heavy atom. The van der Waals surface area contributed by atoms with Gasteiger partial charge >= 0.3 is 6.09 Å². The van der Waals surface area contributed by atoms with Crippen LogP contribution in [0.25, 0.3) is 5.69 Å². The number of para-hydroxylation sites is 1. The minimum Gasteiger partial charge on any atom is -0.443 e. The van der Waals surface area contributed by atoms with Crippen molar-refractivity contribution in [3.63, 3.8) is 0 Å². The van der Waals surface area contributed by atoms with Crippen LogP contribution < -0.4 is 4.90 Å². The number of aromatic nitrogens is 3. The van der Waals surface area contributed by atoms with Crippen LogP contribution in [0.5, 0.6) is 0 Å². The highest BCUT2D eigenvalue weighted by Gasteiger charge is 2.52. The number of hydrogen-bond acceptors (Lipinski definition) is 6. The van der Waals surface area contributed by atoms with E-state index in [-0.39, 0.29) is 18.0 Å². The number of benzene rings is 2. The molecule has 2 aliphatic heterocycles. The Kier molecular flexibility index (Phi) is 7.76. The quantitative estimate of drug-likeness (QED) is 0.381. The van der Waals surface area contributed by atoms with Crippen LogP contribution in [-0.4, -0.2) is 73.1 Å². The highest BCUT2D eigenvalue weighted by atomic mass is 79.9. The van der Waals surface area contributed by atoms with Gasteiger partial charge in [0.15, 0.2) is 0 Å². The molecule has 1 aromatic heterocycles. The van der Waals surface area contributed by atoms with Gasteiger partial charge in [0.1, 0.15) is 11.1 Å². The number of halogens is 1. The fourth-order valence-electron chi connectivity index (χ4n) is 6.08. The Bertz CT molecular complexity index is 1430. The number of amides is 2. The van der Waals surface area contributed by atoms with E-state index in [1.54, 1.807) is 9.58 Å². The molecular weight excluding hydrogens is 584 g/mol. The van der Waals surface area contributed by atoms with Crippen molar-refractivity contribution in [2.45, 2.75) is 84.7 Å². The Morgan fingerprint density at radius 1 is 1.10 bits per heavy atom. The van der Waals surface area contributed by atoms with Gasteiger partial charge in [-0.2, -0.15) is 0 Å². The first-order valence-corrected chi connectivity index (χ1v) is 14.9. The highest BCUT2D eigenvalue weighted by molar-refractivity contribution is 9.10. The average molecular weight is 624 g/mol. The highest BCUT2D eigenvalue weighted by Crippen LogP contribution is 2.41. The predicted molar refractivity (Wildman–Crippen MR) is 162 cm³/mol. The molecule has 1 fully saturated rings. The molecule has 1 unspecified atom stereocenters. The molecule has 0 N–H and O–H groups in total. The molecule has 0 spiro atoms. The number of rotatable bonds is 4. The van der Waals surface area contributed by atoms with Crippen molar-refractivity contribution in [1.82, 2.24) is 24.8 Å². The summed E-state index contributed by atoms with van der Waals surface area (Å²) in [5.74, 6) is -0.0612. The zero-order valence-corrected chi connectivity index (χ0v) is 26.5. The van der Waals surface area contributed by atoms with Crippen LogP contribution in [0.4, 0.5) is 10.5 Å². The average Bonchev–Trinajstić information content (AvgIpc) is 3.46. The molecule has 0 aliphatic carbocycles. The summed E-state index contributed by atoms with van der Waals surface area (Å²) in [5, 5.41) is 8.81. The standard InChI is InChI=1S/C31H39BrN6O3/c1-20-12-24(32)14-26(13-20)37-19-25(33-34-37)18-36-21(2)16-35(17-22(36)3)28(39)31(7)15-23-10-8-9-11-27(23)38(31)29(40)41-30(4,5)6/h8-14,19,21-22H,15-18H2,1-7H3/t21-,22+,31?. The second-order valence-corrected chi connectivity index (χ2v) is 13.5. The van der Waals surface area contributed by atoms with Crippen molar-refractivity contribution in [2.75, 3.05) is 18.0 Å². The predicted octanol–water partition coefficient (Wildman–Crippen LogP) is 5.52. The maximum absolute atomic E-state index is 14.3. The van der Waals surface area contributed by atoms with Crippen molar-refractivity contribution in [2.24, 2.45) is 0 Å². The van der Waals surface area contributed by atoms with Crippen LogP contribution in [0.3, 0.4) is 0 Å². The van der Waals surface area contributed by atoms with Gasteiger partial charge in [-0.15, -0.1) is 5.10 Å². The first-order valence-electron chi connectivity index (χ1n) is 14.1. The molecule has 0 saturated carbocycles. The zero-order chi connectivity index (χ0) is 29.7. The van der Waals surface area contributed by atoms with Crippen molar-refractivity contribution in [3.8, 4) is 5.69 Å². The number of carbonyl (C=O) groups excluding carboxylic acids is 2. The lowest BCUT2D eigenvalue weighted by molar-refractivity contribution is -0.141. The van der Waals surface area contributed by atoms with Gasteiger partial charge in [0, 0.05) is 42.6 Å². The molecule has 1 saturated heterocycles. The molecule has 3 atom stereocenters. The second-order valence-electron chi connectivity index (χ2n) is 12.6. The largest absolute Gasteiger partial charge is 0.443 e. The van der Waals surface area contributed by atoms with E-state index in [1.165, 1.54) is 0 Å². The third-order valence-corrected chi connectivity index (χ3v) is 8.32. The van der Waals surface area contributed by atoms with Crippen LogP contribution in [-0.2, 0) is 22.5 Å². The summed E-state index contributed by atoms with van der Waals surface area (Å²) in [5.41, 5.74) is 2.92. The van der Waals surface area contributed by atoms with Gasteiger partial charge in [-0.1, -0.05) is 39.3 Å². The number of hydrogen-bond donors (Lipinski definition) is 0. The SMILES string of the molecule is Cc1cc(Br)cc(-n2cc(CN3[C@H](C)CN(C(=O)C4(C)Cc5ccccc5N4C(=O)OC(C)(C)C)C[C@@H]3C)nn2)c1. The second kappa shape index (κ2) is 10.9. The number of nitrogens with zero attached hydrogens (tertiary/aromatic N) is 6. The molecule has 0 bridgehead atoms. The fourth-order valence-corrected chi connectivity index (χ4v) is 6.68. The summed E-state index contributed by atoms with van der Waals surface area (Å²) < 4.78 is 8.57. The van der Waals surface area contributed by atoms with Gasteiger partial charge in [0.25, 0.3) is 0 Å². The molecule has 2 aliphatic rings. The van der Waals surface area contributed by atoms with E-state index in [9.17, 15) is 9.59 Å². The van der Waals surface area contributed by atoms with Crippen molar-refractivity contribution >= 4 is 33.6 Å². The van der Waals surface area contributed by atoms with Crippen LogP contribution in [0.1, 0.15) is 58.4 Å². The third-order valence-electron chi connectivity index (χ3n) is 7.86. The summed E-state index contributed by atoms with van der Waals surface area (Å²) in [4.78, 5) is 33.6. The van der Waals surface area contributed by atoms with Crippen LogP contribution in [0.15, 0.2) is 53.1 Å². The number of ether oxygens (including phenoxy) is 1. The number of piperazine rings is 1. The topological polar surface area (TPSA) is 83.8 Å². The van der Waals surface area contributed by atoms with E-state index in [0.29, 0.717) is 26.1 Å². The molecule has 0 radical (unpaired) electrons. The molecule has 218 valence electrons. The molecule has 41 heavy (non-hydrogen) atoms. The fraction of sp³-hybridized carbons (Fsp3) is 0.484. The molecule has 9 nitrogen and oxygen atoms in total. The van der Waals surface area contributed by atoms with E-state index in [0.717, 1.165) is 32.7 Å². The van der Waals surface area contributed by atoms with Crippen molar-refractivity contribution in [3.05, 3.63) is 70.0 Å². The van der Waals surface area contributed by atoms with E-state index in [2.05, 4.69) is 57.1 Å². The van der Waals surface area contributed by atoms with Gasteiger partial charge in [0.2, 0.25) is 5.91 Å². The Morgan fingerprint density at radius 2 is 1.78 bits per heavy atom. The van der Waals surface area contributed by atoms with Gasteiger partial charge in [-0.05, 0) is 83.9 Å². The number of aryl methyl sites for hydroxylation is 1. The Balaban J connectivity index is 1.32. The molecule has 2 amide bonds. The van der Waals surface area contributed by atoms with E-state index < -0.39 is 17.2 Å². The third kappa shape index (κ3) is 5.90. The lowest BCUT2D eigenvalue weighted by atomic mass is 9.93. The summed E-state index contributed by atoms with van der Waals surface area (Å²) >= 11 is 3.56. The maximum Gasteiger partial charge on any atom is 0.415 e. The molecule has 2 aromatic carbocycles. The monoisotopic (exact) mass is 622 g/mol.